The van der Waals surface area contributed by atoms with Gasteiger partial charge in [-0.15, -0.1) is 0 Å². The molecule has 0 spiro atoms. The smallest absolute Gasteiger partial charge is 0.245 e. The number of benzene rings is 2. The van der Waals surface area contributed by atoms with Crippen molar-refractivity contribution in [2.75, 3.05) is 32.6 Å². The summed E-state index contributed by atoms with van der Waals surface area (Å²) in [6.07, 6.45) is 1.27. The molecule has 27 heavy (non-hydrogen) atoms. The molecule has 1 heterocycles. The highest BCUT2D eigenvalue weighted by Crippen LogP contribution is 2.29. The molecule has 1 aliphatic heterocycles. The van der Waals surface area contributed by atoms with Gasteiger partial charge in [0.15, 0.2) is 0 Å². The standard InChI is InChI=1S/C21H26FN3O2/c1-23-20(26)21(24-18-8-5-7-17(22)14-18)10-12-25(13-11-21)15-16-6-3-4-9-19(16)27-2/h3-9,14,24H,10-13,15H2,1-2H3,(H,23,26). The lowest BCUT2D eigenvalue weighted by atomic mass is 9.85. The highest BCUT2D eigenvalue weighted by atomic mass is 19.1. The van der Waals surface area contributed by atoms with Crippen molar-refractivity contribution in [2.45, 2.75) is 24.9 Å². The zero-order valence-corrected chi connectivity index (χ0v) is 15.8. The summed E-state index contributed by atoms with van der Waals surface area (Å²) in [4.78, 5) is 14.9. The highest BCUT2D eigenvalue weighted by molar-refractivity contribution is 5.89. The second-order valence-electron chi connectivity index (χ2n) is 6.88. The van der Waals surface area contributed by atoms with Gasteiger partial charge in [0.05, 0.1) is 7.11 Å². The van der Waals surface area contributed by atoms with Crippen molar-refractivity contribution < 1.29 is 13.9 Å². The van der Waals surface area contributed by atoms with Gasteiger partial charge < -0.3 is 15.4 Å². The molecule has 0 bridgehead atoms. The number of hydrogen-bond donors (Lipinski definition) is 2. The quantitative estimate of drug-likeness (QED) is 0.820. The molecule has 1 saturated heterocycles. The lowest BCUT2D eigenvalue weighted by Crippen LogP contribution is -2.57. The predicted molar refractivity (Wildman–Crippen MR) is 104 cm³/mol. The molecule has 1 fully saturated rings. The Labute approximate surface area is 159 Å². The minimum Gasteiger partial charge on any atom is -0.496 e. The van der Waals surface area contributed by atoms with Crippen molar-refractivity contribution in [1.29, 1.82) is 0 Å². The molecule has 0 aromatic heterocycles. The van der Waals surface area contributed by atoms with Gasteiger partial charge in [-0.1, -0.05) is 24.3 Å². The predicted octanol–water partition coefficient (Wildman–Crippen LogP) is 3.03. The molecule has 2 N–H and O–H groups in total. The zero-order chi connectivity index (χ0) is 19.3. The van der Waals surface area contributed by atoms with Crippen LogP contribution in [-0.4, -0.2) is 43.6 Å². The fourth-order valence-corrected chi connectivity index (χ4v) is 3.66. The molecule has 0 aliphatic carbocycles. The van der Waals surface area contributed by atoms with Gasteiger partial charge in [0.2, 0.25) is 5.91 Å². The first kappa shape index (κ1) is 19.2. The first-order valence-corrected chi connectivity index (χ1v) is 9.16. The number of nitrogens with one attached hydrogen (secondary N) is 2. The van der Waals surface area contributed by atoms with Crippen LogP contribution in [0.25, 0.3) is 0 Å². The second kappa shape index (κ2) is 8.39. The summed E-state index contributed by atoms with van der Waals surface area (Å²) in [5.41, 5.74) is 1.02. The van der Waals surface area contributed by atoms with Crippen LogP contribution < -0.4 is 15.4 Å². The Morgan fingerprint density at radius 2 is 1.93 bits per heavy atom. The van der Waals surface area contributed by atoms with Crippen LogP contribution >= 0.6 is 0 Å². The van der Waals surface area contributed by atoms with Gasteiger partial charge in [-0.25, -0.2) is 4.39 Å². The fraction of sp³-hybridized carbons (Fsp3) is 0.381. The van der Waals surface area contributed by atoms with Crippen LogP contribution in [0.4, 0.5) is 10.1 Å². The third kappa shape index (κ3) is 4.39. The largest absolute Gasteiger partial charge is 0.496 e. The number of likely N-dealkylation sites (N-methyl/N-ethyl adjacent to an activating group) is 1. The Bertz CT molecular complexity index is 789. The monoisotopic (exact) mass is 371 g/mol. The maximum atomic E-state index is 13.5. The van der Waals surface area contributed by atoms with Crippen LogP contribution in [0.3, 0.4) is 0 Å². The topological polar surface area (TPSA) is 53.6 Å². The van der Waals surface area contributed by atoms with E-state index >= 15 is 0 Å². The SMILES string of the molecule is CNC(=O)C1(Nc2cccc(F)c2)CCN(Cc2ccccc2OC)CC1. The van der Waals surface area contributed by atoms with E-state index in [1.54, 1.807) is 26.3 Å². The van der Waals surface area contributed by atoms with E-state index in [9.17, 15) is 9.18 Å². The first-order chi connectivity index (χ1) is 13.1. The van der Waals surface area contributed by atoms with E-state index in [0.29, 0.717) is 18.5 Å². The number of anilines is 1. The summed E-state index contributed by atoms with van der Waals surface area (Å²) in [6.45, 7) is 2.29. The van der Waals surface area contributed by atoms with Crippen LogP contribution in [0.15, 0.2) is 48.5 Å². The summed E-state index contributed by atoms with van der Waals surface area (Å²) in [7, 11) is 3.31. The maximum Gasteiger partial charge on any atom is 0.245 e. The Balaban J connectivity index is 1.71. The van der Waals surface area contributed by atoms with E-state index in [1.807, 2.05) is 18.2 Å². The Morgan fingerprint density at radius 1 is 1.19 bits per heavy atom. The molecule has 5 nitrogen and oxygen atoms in total. The first-order valence-electron chi connectivity index (χ1n) is 9.16. The number of likely N-dealkylation sites (tertiary alicyclic amines) is 1. The van der Waals surface area contributed by atoms with Gasteiger partial charge in [-0.2, -0.15) is 0 Å². The van der Waals surface area contributed by atoms with Crippen molar-refractivity contribution in [3.63, 3.8) is 0 Å². The maximum absolute atomic E-state index is 13.5. The van der Waals surface area contributed by atoms with Gasteiger partial charge in [-0.3, -0.25) is 9.69 Å². The molecule has 0 saturated carbocycles. The molecule has 2 aromatic carbocycles. The van der Waals surface area contributed by atoms with E-state index in [4.69, 9.17) is 4.74 Å². The summed E-state index contributed by atoms with van der Waals surface area (Å²) >= 11 is 0. The van der Waals surface area contributed by atoms with E-state index in [2.05, 4.69) is 21.6 Å². The molecule has 1 amide bonds. The van der Waals surface area contributed by atoms with E-state index in [1.165, 1.54) is 12.1 Å². The summed E-state index contributed by atoms with van der Waals surface area (Å²) in [5, 5.41) is 6.05. The van der Waals surface area contributed by atoms with Crippen LogP contribution in [0.1, 0.15) is 18.4 Å². The van der Waals surface area contributed by atoms with E-state index < -0.39 is 5.54 Å². The molecule has 6 heteroatoms. The van der Waals surface area contributed by atoms with Crippen LogP contribution in [0.2, 0.25) is 0 Å². The van der Waals surface area contributed by atoms with Gasteiger partial charge >= 0.3 is 0 Å². The number of piperidine rings is 1. The van der Waals surface area contributed by atoms with Crippen molar-refractivity contribution in [3.05, 3.63) is 59.9 Å². The minimum absolute atomic E-state index is 0.0660. The third-order valence-corrected chi connectivity index (χ3v) is 5.17. The summed E-state index contributed by atoms with van der Waals surface area (Å²) in [5.74, 6) is 0.489. The van der Waals surface area contributed by atoms with Gasteiger partial charge in [0.25, 0.3) is 0 Å². The number of halogens is 1. The van der Waals surface area contributed by atoms with Gasteiger partial charge in [0, 0.05) is 37.9 Å². The summed E-state index contributed by atoms with van der Waals surface area (Å²) < 4.78 is 19.0. The zero-order valence-electron chi connectivity index (χ0n) is 15.8. The second-order valence-corrected chi connectivity index (χ2v) is 6.88. The number of rotatable bonds is 6. The number of nitrogens with zero attached hydrogens (tertiary/aromatic N) is 1. The van der Waals surface area contributed by atoms with Crippen molar-refractivity contribution >= 4 is 11.6 Å². The van der Waals surface area contributed by atoms with Crippen molar-refractivity contribution in [3.8, 4) is 5.75 Å². The van der Waals surface area contributed by atoms with Crippen LogP contribution in [0.5, 0.6) is 5.75 Å². The highest BCUT2D eigenvalue weighted by Gasteiger charge is 2.41. The number of amides is 1. The fourth-order valence-electron chi connectivity index (χ4n) is 3.66. The molecule has 1 aliphatic rings. The lowest BCUT2D eigenvalue weighted by molar-refractivity contribution is -0.126. The minimum atomic E-state index is -0.736. The van der Waals surface area contributed by atoms with E-state index in [0.717, 1.165) is 30.9 Å². The molecular formula is C21H26FN3O2. The number of para-hydroxylation sites is 1. The van der Waals surface area contributed by atoms with Gasteiger partial charge in [0.1, 0.15) is 17.1 Å². The normalized spacial score (nSPS) is 16.6. The number of hydrogen-bond acceptors (Lipinski definition) is 4. The van der Waals surface area contributed by atoms with Gasteiger partial charge in [-0.05, 0) is 37.1 Å². The van der Waals surface area contributed by atoms with Crippen LogP contribution in [0, 0.1) is 5.82 Å². The molecule has 0 radical (unpaired) electrons. The summed E-state index contributed by atoms with van der Waals surface area (Å²) in [6, 6.07) is 14.2. The van der Waals surface area contributed by atoms with E-state index in [-0.39, 0.29) is 11.7 Å². The lowest BCUT2D eigenvalue weighted by Gasteiger charge is -2.41. The number of ether oxygens (including phenoxy) is 1. The molecule has 0 atom stereocenters. The van der Waals surface area contributed by atoms with Crippen molar-refractivity contribution in [2.24, 2.45) is 0 Å². The molecular weight excluding hydrogens is 345 g/mol. The Hall–Kier alpha value is -2.60. The Morgan fingerprint density at radius 3 is 2.59 bits per heavy atom. The molecule has 0 unspecified atom stereocenters. The number of carbonyl (C=O) groups is 1. The average Bonchev–Trinajstić information content (AvgIpc) is 2.69. The number of methoxy groups -OCH3 is 1. The Kier molecular flexibility index (Phi) is 5.96. The number of carbonyl (C=O) groups excluding carboxylic acids is 1. The average molecular weight is 371 g/mol. The molecule has 3 rings (SSSR count). The van der Waals surface area contributed by atoms with Crippen LogP contribution in [-0.2, 0) is 11.3 Å². The molecule has 144 valence electrons. The van der Waals surface area contributed by atoms with Crippen molar-refractivity contribution in [1.82, 2.24) is 10.2 Å². The third-order valence-electron chi connectivity index (χ3n) is 5.17. The molecule has 2 aromatic rings.